The van der Waals surface area contributed by atoms with Gasteiger partial charge >= 0.3 is 29.6 Å². The zero-order chi connectivity index (χ0) is 23.4. The zero-order valence-electron chi connectivity index (χ0n) is 18.8. The van der Waals surface area contributed by atoms with Crippen molar-refractivity contribution in [1.82, 2.24) is 9.32 Å². The number of rotatable bonds is 7. The van der Waals surface area contributed by atoms with E-state index in [0.717, 1.165) is 9.98 Å². The van der Waals surface area contributed by atoms with Gasteiger partial charge in [-0.05, 0) is 67.9 Å². The first kappa shape index (κ1) is 26.3. The summed E-state index contributed by atoms with van der Waals surface area (Å²) < 4.78 is 11.7. The summed E-state index contributed by atoms with van der Waals surface area (Å²) in [4.78, 5) is 37.8. The third-order valence-corrected chi connectivity index (χ3v) is 5.96. The summed E-state index contributed by atoms with van der Waals surface area (Å²) >= 11 is 6.21. The van der Waals surface area contributed by atoms with Gasteiger partial charge in [0.15, 0.2) is 11.5 Å². The van der Waals surface area contributed by atoms with Crippen molar-refractivity contribution in [2.75, 3.05) is 31.7 Å². The van der Waals surface area contributed by atoms with Crippen LogP contribution in [-0.4, -0.2) is 53.5 Å². The molecule has 2 aliphatic rings. The Morgan fingerprint density at radius 3 is 2.41 bits per heavy atom. The number of aliphatic carboxylic acids is 1. The molecule has 11 heteroatoms. The minimum Gasteiger partial charge on any atom is -0.550 e. The fourth-order valence-electron chi connectivity index (χ4n) is 3.84. The van der Waals surface area contributed by atoms with Gasteiger partial charge in [0.05, 0.1) is 13.1 Å². The fraction of sp³-hybridized carbons (Fsp3) is 0.348. The summed E-state index contributed by atoms with van der Waals surface area (Å²) in [7, 11) is 0. The molecule has 2 aliphatic heterocycles. The molecule has 2 aromatic rings. The molecule has 0 radical (unpaired) electrons. The number of carboxylic acid groups (broad SMARTS) is 1. The molecular weight excluding hydrogens is 473 g/mol. The Morgan fingerprint density at radius 2 is 1.74 bits per heavy atom. The van der Waals surface area contributed by atoms with Crippen LogP contribution < -0.4 is 49.5 Å². The van der Waals surface area contributed by atoms with Gasteiger partial charge in [0.2, 0.25) is 12.7 Å². The standard InChI is InChI=1S/C23H24ClN3O6.Na/c24-27(12-15-1-6-19-20(11-15)33-14-32-19)22(29)16-2-4-18(5-3-16)25-21(28)13-26-9-7-17(8-10-26)23(30)31;/h1-6,11,17H,7-10,12-14H2,(H,25,28)(H,30,31);/q;+1/p-1. The number of piperidine rings is 1. The largest absolute Gasteiger partial charge is 1.00 e. The molecule has 2 aromatic carbocycles. The van der Waals surface area contributed by atoms with Crippen LogP contribution in [0.15, 0.2) is 42.5 Å². The zero-order valence-corrected chi connectivity index (χ0v) is 21.5. The molecule has 9 nitrogen and oxygen atoms in total. The first-order valence-corrected chi connectivity index (χ1v) is 10.9. The molecule has 0 aromatic heterocycles. The summed E-state index contributed by atoms with van der Waals surface area (Å²) in [5.74, 6) is -0.772. The van der Waals surface area contributed by atoms with Gasteiger partial charge in [-0.1, -0.05) is 6.07 Å². The molecule has 1 fully saturated rings. The van der Waals surface area contributed by atoms with Crippen molar-refractivity contribution < 1.29 is 58.5 Å². The molecule has 2 amide bonds. The number of nitrogens with zero attached hydrogens (tertiary/aromatic N) is 2. The number of anilines is 1. The number of carbonyl (C=O) groups is 3. The van der Waals surface area contributed by atoms with Gasteiger partial charge in [-0.25, -0.2) is 4.42 Å². The number of carbonyl (C=O) groups excluding carboxylic acids is 3. The van der Waals surface area contributed by atoms with E-state index in [2.05, 4.69) is 5.32 Å². The van der Waals surface area contributed by atoms with E-state index >= 15 is 0 Å². The fourth-order valence-corrected chi connectivity index (χ4v) is 4.07. The summed E-state index contributed by atoms with van der Waals surface area (Å²) in [5.41, 5.74) is 1.74. The van der Waals surface area contributed by atoms with E-state index in [4.69, 9.17) is 21.3 Å². The monoisotopic (exact) mass is 495 g/mol. The second kappa shape index (κ2) is 11.9. The van der Waals surface area contributed by atoms with Crippen molar-refractivity contribution in [3.05, 3.63) is 53.6 Å². The van der Waals surface area contributed by atoms with Crippen LogP contribution in [-0.2, 0) is 16.1 Å². The van der Waals surface area contributed by atoms with Gasteiger partial charge < -0.3 is 24.7 Å². The third kappa shape index (κ3) is 6.64. The Kier molecular flexibility index (Phi) is 9.21. The van der Waals surface area contributed by atoms with E-state index in [1.54, 1.807) is 36.4 Å². The van der Waals surface area contributed by atoms with E-state index in [9.17, 15) is 19.5 Å². The van der Waals surface area contributed by atoms with Crippen LogP contribution >= 0.6 is 11.8 Å². The van der Waals surface area contributed by atoms with E-state index in [1.807, 2.05) is 11.0 Å². The van der Waals surface area contributed by atoms with Gasteiger partial charge in [-0.3, -0.25) is 14.5 Å². The van der Waals surface area contributed by atoms with Crippen LogP contribution in [0.3, 0.4) is 0 Å². The number of likely N-dealkylation sites (tertiary alicyclic amines) is 1. The number of hydrogen-bond donors (Lipinski definition) is 1. The van der Waals surface area contributed by atoms with E-state index in [-0.39, 0.29) is 61.3 Å². The van der Waals surface area contributed by atoms with Gasteiger partial charge in [0.1, 0.15) is 0 Å². The Balaban J connectivity index is 0.00000324. The predicted molar refractivity (Wildman–Crippen MR) is 118 cm³/mol. The minimum atomic E-state index is -1.03. The Morgan fingerprint density at radius 1 is 1.06 bits per heavy atom. The Hall–Kier alpha value is -2.30. The average molecular weight is 496 g/mol. The van der Waals surface area contributed by atoms with Crippen LogP contribution in [0, 0.1) is 5.92 Å². The molecular formula is C23H23ClN3NaO6. The summed E-state index contributed by atoms with van der Waals surface area (Å²) in [5, 5.41) is 13.7. The first-order valence-electron chi connectivity index (χ1n) is 10.6. The van der Waals surface area contributed by atoms with Crippen molar-refractivity contribution in [2.24, 2.45) is 5.92 Å². The number of benzene rings is 2. The molecule has 1 saturated heterocycles. The number of hydrogen-bond acceptors (Lipinski definition) is 7. The third-order valence-electron chi connectivity index (χ3n) is 5.68. The number of nitrogens with one attached hydrogen (secondary N) is 1. The van der Waals surface area contributed by atoms with Crippen molar-refractivity contribution in [2.45, 2.75) is 19.4 Å². The molecule has 174 valence electrons. The van der Waals surface area contributed by atoms with Crippen LogP contribution in [0.1, 0.15) is 28.8 Å². The maximum absolute atomic E-state index is 12.7. The van der Waals surface area contributed by atoms with Gasteiger partial charge in [-0.2, -0.15) is 0 Å². The molecule has 0 atom stereocenters. The molecule has 1 N–H and O–H groups in total. The van der Waals surface area contributed by atoms with Crippen molar-refractivity contribution in [3.63, 3.8) is 0 Å². The van der Waals surface area contributed by atoms with Crippen LogP contribution in [0.2, 0.25) is 0 Å². The van der Waals surface area contributed by atoms with Crippen molar-refractivity contribution in [3.8, 4) is 11.5 Å². The van der Waals surface area contributed by atoms with Gasteiger partial charge in [-0.15, -0.1) is 0 Å². The van der Waals surface area contributed by atoms with Gasteiger partial charge in [0, 0.05) is 34.9 Å². The number of ether oxygens (including phenoxy) is 2. The second-order valence-electron chi connectivity index (χ2n) is 8.01. The summed E-state index contributed by atoms with van der Waals surface area (Å²) in [6.45, 7) is 1.60. The van der Waals surface area contributed by atoms with Crippen molar-refractivity contribution in [1.29, 1.82) is 0 Å². The maximum Gasteiger partial charge on any atom is 1.00 e. The van der Waals surface area contributed by atoms with Crippen molar-refractivity contribution >= 4 is 35.2 Å². The predicted octanol–water partition coefficient (Wildman–Crippen LogP) is -1.38. The van der Waals surface area contributed by atoms with Crippen LogP contribution in [0.5, 0.6) is 11.5 Å². The molecule has 0 saturated carbocycles. The first-order chi connectivity index (χ1) is 15.9. The minimum absolute atomic E-state index is 0. The number of carboxylic acids is 1. The number of halogens is 1. The van der Waals surface area contributed by atoms with Crippen LogP contribution in [0.4, 0.5) is 5.69 Å². The number of amides is 2. The van der Waals surface area contributed by atoms with Crippen LogP contribution in [0.25, 0.3) is 0 Å². The summed E-state index contributed by atoms with van der Waals surface area (Å²) in [6, 6.07) is 11.8. The molecule has 0 aliphatic carbocycles. The van der Waals surface area contributed by atoms with E-state index in [1.165, 1.54) is 0 Å². The Labute approximate surface area is 224 Å². The number of fused-ring (bicyclic) bond motifs is 1. The Bertz CT molecular complexity index is 1040. The molecule has 2 heterocycles. The summed E-state index contributed by atoms with van der Waals surface area (Å²) in [6.07, 6.45) is 0.960. The topological polar surface area (TPSA) is 111 Å². The maximum atomic E-state index is 12.7. The van der Waals surface area contributed by atoms with E-state index in [0.29, 0.717) is 48.7 Å². The smallest absolute Gasteiger partial charge is 0.550 e. The average Bonchev–Trinajstić information content (AvgIpc) is 3.27. The normalized spacial score (nSPS) is 15.3. The van der Waals surface area contributed by atoms with E-state index < -0.39 is 11.9 Å². The second-order valence-corrected chi connectivity index (χ2v) is 8.42. The molecule has 4 rings (SSSR count). The molecule has 0 unspecified atom stereocenters. The molecule has 34 heavy (non-hydrogen) atoms. The molecule has 0 spiro atoms. The SMILES string of the molecule is O=C(CN1CCC(C(=O)[O-])CC1)Nc1ccc(C(=O)N(Cl)Cc2ccc3c(c2)OCO3)cc1.[Na+]. The van der Waals surface area contributed by atoms with Gasteiger partial charge in [0.25, 0.3) is 5.91 Å². The molecule has 0 bridgehead atoms. The quantitative estimate of drug-likeness (QED) is 0.372.